The van der Waals surface area contributed by atoms with Crippen LogP contribution >= 0.6 is 0 Å². The first-order chi connectivity index (χ1) is 8.61. The fourth-order valence-corrected chi connectivity index (χ4v) is 2.69. The Kier molecular flexibility index (Phi) is 4.25. The van der Waals surface area contributed by atoms with E-state index in [9.17, 15) is 5.11 Å². The standard InChI is InChI=1S/C15H24N2O/c1-11-4-5-12(2)15(8-11)17-10-13(3)16-9-14(17)6-7-18/h4-5,8,13-14,16,18H,6-7,9-10H2,1-3H3. The molecule has 1 aromatic rings. The second-order valence-corrected chi connectivity index (χ2v) is 5.42. The molecule has 1 fully saturated rings. The van der Waals surface area contributed by atoms with Crippen molar-refractivity contribution in [3.8, 4) is 0 Å². The lowest BCUT2D eigenvalue weighted by Crippen LogP contribution is -2.56. The van der Waals surface area contributed by atoms with Crippen LogP contribution in [0.1, 0.15) is 24.5 Å². The van der Waals surface area contributed by atoms with Gasteiger partial charge in [-0.15, -0.1) is 0 Å². The Balaban J connectivity index is 2.28. The molecule has 2 N–H and O–H groups in total. The maximum Gasteiger partial charge on any atom is 0.0451 e. The monoisotopic (exact) mass is 248 g/mol. The summed E-state index contributed by atoms with van der Waals surface area (Å²) in [6, 6.07) is 7.50. The molecule has 0 amide bonds. The predicted octanol–water partition coefficient (Wildman–Crippen LogP) is 1.85. The molecule has 18 heavy (non-hydrogen) atoms. The first-order valence-corrected chi connectivity index (χ1v) is 6.80. The smallest absolute Gasteiger partial charge is 0.0451 e. The minimum atomic E-state index is 0.252. The zero-order valence-corrected chi connectivity index (χ0v) is 11.6. The van der Waals surface area contributed by atoms with Crippen molar-refractivity contribution < 1.29 is 5.11 Å². The van der Waals surface area contributed by atoms with Crippen molar-refractivity contribution >= 4 is 5.69 Å². The summed E-state index contributed by atoms with van der Waals surface area (Å²) >= 11 is 0. The number of aliphatic hydroxyl groups excluding tert-OH is 1. The summed E-state index contributed by atoms with van der Waals surface area (Å²) < 4.78 is 0. The van der Waals surface area contributed by atoms with Crippen molar-refractivity contribution in [2.45, 2.75) is 39.3 Å². The zero-order chi connectivity index (χ0) is 13.1. The number of piperazine rings is 1. The van der Waals surface area contributed by atoms with Gasteiger partial charge in [-0.25, -0.2) is 0 Å². The molecule has 0 aliphatic carbocycles. The van der Waals surface area contributed by atoms with Gasteiger partial charge in [0.25, 0.3) is 0 Å². The molecule has 3 nitrogen and oxygen atoms in total. The van der Waals surface area contributed by atoms with Gasteiger partial charge in [0.2, 0.25) is 0 Å². The molecule has 1 aliphatic rings. The van der Waals surface area contributed by atoms with Gasteiger partial charge in [-0.3, -0.25) is 0 Å². The lowest BCUT2D eigenvalue weighted by atomic mass is 10.0. The topological polar surface area (TPSA) is 35.5 Å². The molecule has 1 heterocycles. The highest BCUT2D eigenvalue weighted by atomic mass is 16.3. The largest absolute Gasteiger partial charge is 0.396 e. The molecule has 2 rings (SSSR count). The maximum absolute atomic E-state index is 9.22. The van der Waals surface area contributed by atoms with E-state index in [1.807, 2.05) is 0 Å². The van der Waals surface area contributed by atoms with Crippen LogP contribution in [-0.4, -0.2) is 36.9 Å². The number of aliphatic hydroxyl groups is 1. The molecule has 2 atom stereocenters. The molecule has 0 saturated carbocycles. The van der Waals surface area contributed by atoms with Gasteiger partial charge < -0.3 is 15.3 Å². The maximum atomic E-state index is 9.22. The lowest BCUT2D eigenvalue weighted by molar-refractivity contribution is 0.260. The van der Waals surface area contributed by atoms with E-state index >= 15 is 0 Å². The van der Waals surface area contributed by atoms with Crippen molar-refractivity contribution in [2.75, 3.05) is 24.6 Å². The molecule has 1 aromatic carbocycles. The molecule has 0 aromatic heterocycles. The average Bonchev–Trinajstić information content (AvgIpc) is 2.35. The Bertz CT molecular complexity index is 405. The van der Waals surface area contributed by atoms with Gasteiger partial charge >= 0.3 is 0 Å². The van der Waals surface area contributed by atoms with E-state index in [2.05, 4.69) is 49.2 Å². The summed E-state index contributed by atoms with van der Waals surface area (Å²) in [7, 11) is 0. The number of rotatable bonds is 3. The molecule has 100 valence electrons. The van der Waals surface area contributed by atoms with E-state index in [1.165, 1.54) is 16.8 Å². The third-order valence-electron chi connectivity index (χ3n) is 3.75. The summed E-state index contributed by atoms with van der Waals surface area (Å²) in [5.74, 6) is 0. The Hall–Kier alpha value is -1.06. The van der Waals surface area contributed by atoms with Crippen LogP contribution in [0.25, 0.3) is 0 Å². The second kappa shape index (κ2) is 5.72. The summed E-state index contributed by atoms with van der Waals surface area (Å²) in [4.78, 5) is 2.46. The van der Waals surface area contributed by atoms with Crippen molar-refractivity contribution in [2.24, 2.45) is 0 Å². The lowest BCUT2D eigenvalue weighted by Gasteiger charge is -2.41. The minimum absolute atomic E-state index is 0.252. The van der Waals surface area contributed by atoms with E-state index < -0.39 is 0 Å². The molecule has 1 saturated heterocycles. The van der Waals surface area contributed by atoms with Crippen LogP contribution in [0.5, 0.6) is 0 Å². The number of nitrogens with zero attached hydrogens (tertiary/aromatic N) is 1. The van der Waals surface area contributed by atoms with Gasteiger partial charge in [0.1, 0.15) is 0 Å². The highest BCUT2D eigenvalue weighted by Gasteiger charge is 2.26. The molecule has 0 bridgehead atoms. The number of anilines is 1. The molecule has 0 radical (unpaired) electrons. The first kappa shape index (κ1) is 13.4. The van der Waals surface area contributed by atoms with Gasteiger partial charge in [-0.1, -0.05) is 12.1 Å². The summed E-state index contributed by atoms with van der Waals surface area (Å²) in [6.07, 6.45) is 0.826. The number of hydrogen-bond donors (Lipinski definition) is 2. The second-order valence-electron chi connectivity index (χ2n) is 5.42. The van der Waals surface area contributed by atoms with Crippen molar-refractivity contribution in [3.05, 3.63) is 29.3 Å². The molecule has 0 spiro atoms. The van der Waals surface area contributed by atoms with Gasteiger partial charge in [0.15, 0.2) is 0 Å². The Labute approximate surface area is 110 Å². The molecule has 2 unspecified atom stereocenters. The van der Waals surface area contributed by atoms with Crippen LogP contribution in [0.3, 0.4) is 0 Å². The van der Waals surface area contributed by atoms with Crippen molar-refractivity contribution in [1.82, 2.24) is 5.32 Å². The number of nitrogens with one attached hydrogen (secondary N) is 1. The van der Waals surface area contributed by atoms with Gasteiger partial charge in [-0.2, -0.15) is 0 Å². The Morgan fingerprint density at radius 3 is 2.89 bits per heavy atom. The van der Waals surface area contributed by atoms with Crippen molar-refractivity contribution in [1.29, 1.82) is 0 Å². The normalized spacial score (nSPS) is 24.3. The van der Waals surface area contributed by atoms with E-state index in [0.717, 1.165) is 19.5 Å². The van der Waals surface area contributed by atoms with Crippen LogP contribution in [0.15, 0.2) is 18.2 Å². The summed E-state index contributed by atoms with van der Waals surface area (Å²) in [6.45, 7) is 8.73. The predicted molar refractivity (Wildman–Crippen MR) is 76.2 cm³/mol. The van der Waals surface area contributed by atoms with Crippen LogP contribution in [0, 0.1) is 13.8 Å². The quantitative estimate of drug-likeness (QED) is 0.857. The van der Waals surface area contributed by atoms with Crippen molar-refractivity contribution in [3.63, 3.8) is 0 Å². The highest BCUT2D eigenvalue weighted by Crippen LogP contribution is 2.26. The Morgan fingerprint density at radius 2 is 2.17 bits per heavy atom. The summed E-state index contributed by atoms with van der Waals surface area (Å²) in [5.41, 5.74) is 3.93. The van der Waals surface area contributed by atoms with Crippen LogP contribution in [0.2, 0.25) is 0 Å². The Morgan fingerprint density at radius 1 is 1.39 bits per heavy atom. The zero-order valence-electron chi connectivity index (χ0n) is 11.6. The molecular weight excluding hydrogens is 224 g/mol. The van der Waals surface area contributed by atoms with E-state index in [1.54, 1.807) is 0 Å². The van der Waals surface area contributed by atoms with Gasteiger partial charge in [0.05, 0.1) is 0 Å². The number of aryl methyl sites for hydroxylation is 2. The average molecular weight is 248 g/mol. The van der Waals surface area contributed by atoms with E-state index in [0.29, 0.717) is 12.1 Å². The van der Waals surface area contributed by atoms with E-state index in [4.69, 9.17) is 0 Å². The van der Waals surface area contributed by atoms with E-state index in [-0.39, 0.29) is 6.61 Å². The fraction of sp³-hybridized carbons (Fsp3) is 0.600. The third-order valence-corrected chi connectivity index (χ3v) is 3.75. The minimum Gasteiger partial charge on any atom is -0.396 e. The first-order valence-electron chi connectivity index (χ1n) is 6.80. The molecule has 3 heteroatoms. The molecular formula is C15H24N2O. The SMILES string of the molecule is Cc1ccc(C)c(N2CC(C)NCC2CCO)c1. The summed E-state index contributed by atoms with van der Waals surface area (Å²) in [5, 5.41) is 12.7. The highest BCUT2D eigenvalue weighted by molar-refractivity contribution is 5.56. The van der Waals surface area contributed by atoms with Crippen LogP contribution < -0.4 is 10.2 Å². The number of hydrogen-bond acceptors (Lipinski definition) is 3. The molecule has 1 aliphatic heterocycles. The van der Waals surface area contributed by atoms with Crippen LogP contribution in [-0.2, 0) is 0 Å². The number of benzene rings is 1. The fourth-order valence-electron chi connectivity index (χ4n) is 2.69. The van der Waals surface area contributed by atoms with Crippen LogP contribution in [0.4, 0.5) is 5.69 Å². The third kappa shape index (κ3) is 2.85. The van der Waals surface area contributed by atoms with Gasteiger partial charge in [-0.05, 0) is 44.4 Å². The van der Waals surface area contributed by atoms with Gasteiger partial charge in [0, 0.05) is 37.5 Å².